The summed E-state index contributed by atoms with van der Waals surface area (Å²) in [6, 6.07) is 6.25. The molecule has 2 amide bonds. The van der Waals surface area contributed by atoms with Gasteiger partial charge in [-0.15, -0.1) is 0 Å². The SMILES string of the molecule is C[C@H]1C[C@@H](C(N)=O)N(c2ccc(Cl)cc2)C1=O. The molecule has 2 N–H and O–H groups in total. The Bertz CT molecular complexity index is 458. The van der Waals surface area contributed by atoms with Crippen LogP contribution in [-0.4, -0.2) is 17.9 Å². The molecule has 0 radical (unpaired) electrons. The number of benzene rings is 1. The van der Waals surface area contributed by atoms with E-state index in [1.54, 1.807) is 31.2 Å². The highest BCUT2D eigenvalue weighted by Crippen LogP contribution is 2.30. The zero-order valence-corrected chi connectivity index (χ0v) is 10.1. The smallest absolute Gasteiger partial charge is 0.240 e. The number of amides is 2. The van der Waals surface area contributed by atoms with E-state index in [0.717, 1.165) is 0 Å². The van der Waals surface area contributed by atoms with Crippen molar-refractivity contribution in [3.05, 3.63) is 29.3 Å². The molecule has 1 aromatic rings. The van der Waals surface area contributed by atoms with Crippen LogP contribution in [-0.2, 0) is 9.59 Å². The highest BCUT2D eigenvalue weighted by atomic mass is 35.5. The van der Waals surface area contributed by atoms with E-state index in [1.807, 2.05) is 0 Å². The molecule has 1 aliphatic heterocycles. The second-order valence-corrected chi connectivity index (χ2v) is 4.68. The van der Waals surface area contributed by atoms with Crippen molar-refractivity contribution >= 4 is 29.1 Å². The Hall–Kier alpha value is -1.55. The molecule has 0 saturated carbocycles. The van der Waals surface area contributed by atoms with Crippen molar-refractivity contribution in [2.75, 3.05) is 4.90 Å². The molecule has 2 rings (SSSR count). The summed E-state index contributed by atoms with van der Waals surface area (Å²) in [6.07, 6.45) is 0.469. The van der Waals surface area contributed by atoms with Gasteiger partial charge in [-0.2, -0.15) is 0 Å². The van der Waals surface area contributed by atoms with Crippen molar-refractivity contribution in [2.24, 2.45) is 11.7 Å². The number of anilines is 1. The van der Waals surface area contributed by atoms with Gasteiger partial charge in [0.2, 0.25) is 11.8 Å². The minimum atomic E-state index is -0.557. The quantitative estimate of drug-likeness (QED) is 0.868. The lowest BCUT2D eigenvalue weighted by molar-refractivity contribution is -0.122. The van der Waals surface area contributed by atoms with Crippen molar-refractivity contribution in [3.8, 4) is 0 Å². The third-order valence-electron chi connectivity index (χ3n) is 2.98. The number of hydrogen-bond donors (Lipinski definition) is 1. The van der Waals surface area contributed by atoms with Gasteiger partial charge in [0.05, 0.1) is 0 Å². The van der Waals surface area contributed by atoms with Crippen molar-refractivity contribution in [1.29, 1.82) is 0 Å². The third kappa shape index (κ3) is 2.13. The first-order chi connectivity index (χ1) is 8.00. The molecule has 1 aromatic carbocycles. The normalized spacial score (nSPS) is 24.1. The number of halogens is 1. The standard InChI is InChI=1S/C12H13ClN2O2/c1-7-6-10(11(14)16)15(12(7)17)9-4-2-8(13)3-5-9/h2-5,7,10H,6H2,1H3,(H2,14,16)/t7-,10-/m0/s1. The van der Waals surface area contributed by atoms with Crippen LogP contribution in [0.4, 0.5) is 5.69 Å². The van der Waals surface area contributed by atoms with E-state index in [0.29, 0.717) is 17.1 Å². The molecule has 0 aliphatic carbocycles. The maximum absolute atomic E-state index is 12.0. The maximum atomic E-state index is 12.0. The van der Waals surface area contributed by atoms with Gasteiger partial charge in [0.25, 0.3) is 0 Å². The van der Waals surface area contributed by atoms with E-state index < -0.39 is 11.9 Å². The zero-order chi connectivity index (χ0) is 12.6. The molecule has 0 aromatic heterocycles. The van der Waals surface area contributed by atoms with Gasteiger partial charge >= 0.3 is 0 Å². The van der Waals surface area contributed by atoms with E-state index in [2.05, 4.69) is 0 Å². The minimum absolute atomic E-state index is 0.0730. The van der Waals surface area contributed by atoms with Crippen LogP contribution in [0.3, 0.4) is 0 Å². The molecule has 0 bridgehead atoms. The lowest BCUT2D eigenvalue weighted by Gasteiger charge is -2.22. The lowest BCUT2D eigenvalue weighted by atomic mass is 10.1. The fraction of sp³-hybridized carbons (Fsp3) is 0.333. The van der Waals surface area contributed by atoms with E-state index in [1.165, 1.54) is 4.90 Å². The fourth-order valence-corrected chi connectivity index (χ4v) is 2.21. The first-order valence-electron chi connectivity index (χ1n) is 5.38. The summed E-state index contributed by atoms with van der Waals surface area (Å²) in [5.41, 5.74) is 5.98. The van der Waals surface area contributed by atoms with Crippen LogP contribution in [0.2, 0.25) is 5.02 Å². The largest absolute Gasteiger partial charge is 0.368 e. The molecule has 4 nitrogen and oxygen atoms in total. The molecule has 17 heavy (non-hydrogen) atoms. The number of carbonyl (C=O) groups is 2. The summed E-state index contributed by atoms with van der Waals surface area (Å²) in [5.74, 6) is -0.725. The molecule has 0 unspecified atom stereocenters. The molecule has 1 saturated heterocycles. The van der Waals surface area contributed by atoms with E-state index >= 15 is 0 Å². The second kappa shape index (κ2) is 4.37. The Balaban J connectivity index is 2.37. The minimum Gasteiger partial charge on any atom is -0.368 e. The monoisotopic (exact) mass is 252 g/mol. The van der Waals surface area contributed by atoms with Crippen molar-refractivity contribution in [1.82, 2.24) is 0 Å². The average molecular weight is 253 g/mol. The molecule has 0 spiro atoms. The summed E-state index contributed by atoms with van der Waals surface area (Å²) >= 11 is 5.79. The third-order valence-corrected chi connectivity index (χ3v) is 3.23. The van der Waals surface area contributed by atoms with Gasteiger partial charge in [-0.25, -0.2) is 0 Å². The Morgan fingerprint density at radius 2 is 2.00 bits per heavy atom. The summed E-state index contributed by atoms with van der Waals surface area (Å²) in [5, 5.41) is 0.587. The van der Waals surface area contributed by atoms with Crippen LogP contribution in [0, 0.1) is 5.92 Å². The van der Waals surface area contributed by atoms with Crippen LogP contribution in [0.1, 0.15) is 13.3 Å². The topological polar surface area (TPSA) is 63.4 Å². The molecule has 90 valence electrons. The number of nitrogens with two attached hydrogens (primary N) is 1. The first-order valence-corrected chi connectivity index (χ1v) is 5.76. The Morgan fingerprint density at radius 1 is 1.41 bits per heavy atom. The molecule has 1 aliphatic rings. The molecule has 1 heterocycles. The van der Waals surface area contributed by atoms with Crippen LogP contribution in [0.15, 0.2) is 24.3 Å². The van der Waals surface area contributed by atoms with E-state index in [-0.39, 0.29) is 11.8 Å². The second-order valence-electron chi connectivity index (χ2n) is 4.24. The number of nitrogens with zero attached hydrogens (tertiary/aromatic N) is 1. The van der Waals surface area contributed by atoms with Crippen molar-refractivity contribution < 1.29 is 9.59 Å². The molecular weight excluding hydrogens is 240 g/mol. The van der Waals surface area contributed by atoms with E-state index in [4.69, 9.17) is 17.3 Å². The summed E-state index contributed by atoms with van der Waals surface area (Å²) in [4.78, 5) is 24.8. The zero-order valence-electron chi connectivity index (χ0n) is 9.39. The van der Waals surface area contributed by atoms with Gasteiger partial charge in [-0.05, 0) is 30.7 Å². The highest BCUT2D eigenvalue weighted by Gasteiger charge is 2.40. The average Bonchev–Trinajstić information content (AvgIpc) is 2.57. The van der Waals surface area contributed by atoms with Crippen molar-refractivity contribution in [2.45, 2.75) is 19.4 Å². The fourth-order valence-electron chi connectivity index (χ4n) is 2.08. The van der Waals surface area contributed by atoms with Gasteiger partial charge in [-0.1, -0.05) is 18.5 Å². The van der Waals surface area contributed by atoms with Crippen LogP contribution in [0.25, 0.3) is 0 Å². The molecular formula is C12H13ClN2O2. The summed E-state index contributed by atoms with van der Waals surface area (Å²) in [7, 11) is 0. The van der Waals surface area contributed by atoms with Crippen molar-refractivity contribution in [3.63, 3.8) is 0 Å². The Labute approximate surface area is 104 Å². The number of carbonyl (C=O) groups excluding carboxylic acids is 2. The molecule has 2 atom stereocenters. The number of primary amides is 1. The summed E-state index contributed by atoms with van der Waals surface area (Å²) in [6.45, 7) is 1.80. The number of hydrogen-bond acceptors (Lipinski definition) is 2. The predicted molar refractivity (Wildman–Crippen MR) is 65.7 cm³/mol. The molecule has 1 fully saturated rings. The van der Waals surface area contributed by atoms with Gasteiger partial charge < -0.3 is 5.73 Å². The summed E-state index contributed by atoms with van der Waals surface area (Å²) < 4.78 is 0. The van der Waals surface area contributed by atoms with Crippen LogP contribution < -0.4 is 10.6 Å². The van der Waals surface area contributed by atoms with Gasteiger partial charge in [0.15, 0.2) is 0 Å². The van der Waals surface area contributed by atoms with Crippen LogP contribution >= 0.6 is 11.6 Å². The Morgan fingerprint density at radius 3 is 2.53 bits per heavy atom. The molecule has 5 heteroatoms. The first kappa shape index (κ1) is 11.9. The lowest BCUT2D eigenvalue weighted by Crippen LogP contribution is -2.42. The Kier molecular flexibility index (Phi) is 3.07. The van der Waals surface area contributed by atoms with Gasteiger partial charge in [-0.3, -0.25) is 14.5 Å². The number of rotatable bonds is 2. The maximum Gasteiger partial charge on any atom is 0.240 e. The van der Waals surface area contributed by atoms with E-state index in [9.17, 15) is 9.59 Å². The van der Waals surface area contributed by atoms with Gasteiger partial charge in [0, 0.05) is 16.6 Å². The predicted octanol–water partition coefficient (Wildman–Crippen LogP) is 1.57. The van der Waals surface area contributed by atoms with Gasteiger partial charge in [0.1, 0.15) is 6.04 Å². The highest BCUT2D eigenvalue weighted by molar-refractivity contribution is 6.30. The van der Waals surface area contributed by atoms with Crippen LogP contribution in [0.5, 0.6) is 0 Å².